The third-order valence-electron chi connectivity index (χ3n) is 3.38. The van der Waals surface area contributed by atoms with Crippen molar-refractivity contribution < 1.29 is 5.11 Å². The van der Waals surface area contributed by atoms with Crippen molar-refractivity contribution in [2.24, 2.45) is 0 Å². The number of aromatic amines is 1. The van der Waals surface area contributed by atoms with Gasteiger partial charge < -0.3 is 10.1 Å². The summed E-state index contributed by atoms with van der Waals surface area (Å²) in [7, 11) is 0. The number of nitrogens with one attached hydrogen (secondary N) is 1. The molecule has 1 atom stereocenters. The van der Waals surface area contributed by atoms with Crippen molar-refractivity contribution in [3.05, 3.63) is 60.2 Å². The van der Waals surface area contributed by atoms with E-state index in [1.165, 1.54) is 10.3 Å². The van der Waals surface area contributed by atoms with E-state index in [-0.39, 0.29) is 6.10 Å². The average molecular weight is 283 g/mol. The summed E-state index contributed by atoms with van der Waals surface area (Å²) < 4.78 is 0. The highest BCUT2D eigenvalue weighted by Gasteiger charge is 2.06. The predicted octanol–water partition coefficient (Wildman–Crippen LogP) is 4.76. The lowest BCUT2D eigenvalue weighted by Crippen LogP contribution is -1.93. The number of hydrogen-bond acceptors (Lipinski definition) is 2. The molecule has 20 heavy (non-hydrogen) atoms. The first-order valence-corrected chi connectivity index (χ1v) is 7.61. The first kappa shape index (κ1) is 13.3. The Hall–Kier alpha value is -1.71. The molecule has 0 saturated heterocycles. The van der Waals surface area contributed by atoms with Gasteiger partial charge in [0.15, 0.2) is 0 Å². The minimum atomic E-state index is -0.359. The summed E-state index contributed by atoms with van der Waals surface area (Å²) in [6.45, 7) is 1.98. The molecule has 3 aromatic rings. The Labute approximate surface area is 122 Å². The second-order valence-corrected chi connectivity index (χ2v) is 5.93. The molecule has 1 aromatic heterocycles. The van der Waals surface area contributed by atoms with Gasteiger partial charge in [0.2, 0.25) is 0 Å². The van der Waals surface area contributed by atoms with Crippen LogP contribution in [0.5, 0.6) is 0 Å². The second-order valence-electron chi connectivity index (χ2n) is 4.82. The van der Waals surface area contributed by atoms with Gasteiger partial charge in [-0.15, -0.1) is 0 Å². The van der Waals surface area contributed by atoms with Crippen molar-refractivity contribution in [2.75, 3.05) is 0 Å². The van der Waals surface area contributed by atoms with Crippen LogP contribution in [0.15, 0.2) is 64.5 Å². The molecule has 1 heterocycles. The van der Waals surface area contributed by atoms with Crippen LogP contribution in [0.4, 0.5) is 0 Å². The quantitative estimate of drug-likeness (QED) is 0.724. The highest BCUT2D eigenvalue weighted by Crippen LogP contribution is 2.30. The molecule has 0 aliphatic rings. The molecular weight excluding hydrogens is 266 g/mol. The molecule has 3 heteroatoms. The third kappa shape index (κ3) is 2.74. The summed E-state index contributed by atoms with van der Waals surface area (Å²) in [6.07, 6.45) is 0.385. The van der Waals surface area contributed by atoms with Gasteiger partial charge in [0.1, 0.15) is 0 Å². The fraction of sp³-hybridized carbons (Fsp3) is 0.176. The van der Waals surface area contributed by atoms with Crippen molar-refractivity contribution in [2.45, 2.75) is 29.4 Å². The standard InChI is InChI=1S/C17H17NOS/c1-2-16(19)12-7-9-14(10-8-12)20-17-11-13-5-3-4-6-15(13)18-17/h3-11,16,18-19H,2H2,1H3. The summed E-state index contributed by atoms with van der Waals surface area (Å²) in [5.41, 5.74) is 2.14. The molecule has 1 unspecified atom stereocenters. The van der Waals surface area contributed by atoms with E-state index < -0.39 is 0 Å². The lowest BCUT2D eigenvalue weighted by Gasteiger charge is -2.08. The first-order chi connectivity index (χ1) is 9.76. The zero-order chi connectivity index (χ0) is 13.9. The monoisotopic (exact) mass is 283 g/mol. The molecule has 0 radical (unpaired) electrons. The van der Waals surface area contributed by atoms with Gasteiger partial charge in [0.05, 0.1) is 11.1 Å². The smallest absolute Gasteiger partial charge is 0.0787 e. The maximum atomic E-state index is 9.79. The Kier molecular flexibility index (Phi) is 3.81. The van der Waals surface area contributed by atoms with Gasteiger partial charge in [-0.25, -0.2) is 0 Å². The van der Waals surface area contributed by atoms with E-state index >= 15 is 0 Å². The molecule has 2 nitrogen and oxygen atoms in total. The zero-order valence-corrected chi connectivity index (χ0v) is 12.2. The van der Waals surface area contributed by atoms with Gasteiger partial charge in [-0.3, -0.25) is 0 Å². The van der Waals surface area contributed by atoms with Crippen LogP contribution < -0.4 is 0 Å². The molecule has 3 rings (SSSR count). The molecule has 0 aliphatic carbocycles. The van der Waals surface area contributed by atoms with Gasteiger partial charge in [-0.2, -0.15) is 0 Å². The van der Waals surface area contributed by atoms with Crippen molar-refractivity contribution in [3.63, 3.8) is 0 Å². The SMILES string of the molecule is CCC(O)c1ccc(Sc2cc3ccccc3[nH]2)cc1. The Morgan fingerprint density at radius 2 is 1.85 bits per heavy atom. The lowest BCUT2D eigenvalue weighted by atomic mass is 10.1. The van der Waals surface area contributed by atoms with Gasteiger partial charge in [-0.1, -0.05) is 49.0 Å². The highest BCUT2D eigenvalue weighted by atomic mass is 32.2. The topological polar surface area (TPSA) is 36.0 Å². The van der Waals surface area contributed by atoms with Crippen LogP contribution in [-0.2, 0) is 0 Å². The number of aliphatic hydroxyl groups excluding tert-OH is 1. The number of hydrogen-bond donors (Lipinski definition) is 2. The maximum absolute atomic E-state index is 9.79. The molecule has 0 spiro atoms. The van der Waals surface area contributed by atoms with Gasteiger partial charge >= 0.3 is 0 Å². The van der Waals surface area contributed by atoms with E-state index in [0.29, 0.717) is 0 Å². The summed E-state index contributed by atoms with van der Waals surface area (Å²) in [4.78, 5) is 4.58. The molecule has 2 N–H and O–H groups in total. The van der Waals surface area contributed by atoms with Crippen molar-refractivity contribution >= 4 is 22.7 Å². The van der Waals surface area contributed by atoms with E-state index in [1.54, 1.807) is 11.8 Å². The number of aliphatic hydroxyl groups is 1. The van der Waals surface area contributed by atoms with E-state index in [2.05, 4.69) is 35.3 Å². The lowest BCUT2D eigenvalue weighted by molar-refractivity contribution is 0.173. The van der Waals surface area contributed by atoms with Crippen molar-refractivity contribution in [1.82, 2.24) is 4.98 Å². The van der Waals surface area contributed by atoms with Crippen molar-refractivity contribution in [3.8, 4) is 0 Å². The fourth-order valence-electron chi connectivity index (χ4n) is 2.22. The molecule has 102 valence electrons. The third-order valence-corrected chi connectivity index (χ3v) is 4.33. The van der Waals surface area contributed by atoms with E-state index in [4.69, 9.17) is 0 Å². The van der Waals surface area contributed by atoms with Crippen molar-refractivity contribution in [1.29, 1.82) is 0 Å². The van der Waals surface area contributed by atoms with E-state index in [0.717, 1.165) is 22.5 Å². The summed E-state index contributed by atoms with van der Waals surface area (Å²) >= 11 is 1.70. The normalized spacial score (nSPS) is 12.7. The minimum absolute atomic E-state index is 0.359. The number of fused-ring (bicyclic) bond motifs is 1. The molecule has 0 fully saturated rings. The number of benzene rings is 2. The summed E-state index contributed by atoms with van der Waals surface area (Å²) in [6, 6.07) is 18.6. The minimum Gasteiger partial charge on any atom is -0.388 e. The molecule has 2 aromatic carbocycles. The molecule has 0 aliphatic heterocycles. The molecular formula is C17H17NOS. The van der Waals surface area contributed by atoms with Gasteiger partial charge in [-0.05, 0) is 36.2 Å². The van der Waals surface area contributed by atoms with Crippen LogP contribution in [0.1, 0.15) is 25.0 Å². The number of aromatic nitrogens is 1. The number of rotatable bonds is 4. The van der Waals surface area contributed by atoms with E-state index in [9.17, 15) is 5.11 Å². The average Bonchev–Trinajstić information content (AvgIpc) is 2.89. The zero-order valence-electron chi connectivity index (χ0n) is 11.3. The van der Waals surface area contributed by atoms with Crippen LogP contribution in [0.25, 0.3) is 10.9 Å². The van der Waals surface area contributed by atoms with Crippen LogP contribution >= 0.6 is 11.8 Å². The van der Waals surface area contributed by atoms with Gasteiger partial charge in [0, 0.05) is 15.8 Å². The molecule has 0 saturated carbocycles. The number of para-hydroxylation sites is 1. The maximum Gasteiger partial charge on any atom is 0.0787 e. The highest BCUT2D eigenvalue weighted by molar-refractivity contribution is 7.99. The molecule has 0 bridgehead atoms. The van der Waals surface area contributed by atoms with Gasteiger partial charge in [0.25, 0.3) is 0 Å². The largest absolute Gasteiger partial charge is 0.388 e. The summed E-state index contributed by atoms with van der Waals surface area (Å²) in [5, 5.41) is 12.2. The van der Waals surface area contributed by atoms with Crippen LogP contribution in [0.3, 0.4) is 0 Å². The Balaban J connectivity index is 1.80. The summed E-state index contributed by atoms with van der Waals surface area (Å²) in [5.74, 6) is 0. The van der Waals surface area contributed by atoms with Crippen LogP contribution in [0, 0.1) is 0 Å². The molecule has 0 amide bonds. The Morgan fingerprint density at radius 3 is 2.55 bits per heavy atom. The first-order valence-electron chi connectivity index (χ1n) is 6.80. The van der Waals surface area contributed by atoms with Crippen LogP contribution in [0.2, 0.25) is 0 Å². The Morgan fingerprint density at radius 1 is 1.10 bits per heavy atom. The predicted molar refractivity (Wildman–Crippen MR) is 84.1 cm³/mol. The fourth-order valence-corrected chi connectivity index (χ4v) is 3.10. The number of H-pyrrole nitrogens is 1. The second kappa shape index (κ2) is 5.73. The van der Waals surface area contributed by atoms with E-state index in [1.807, 2.05) is 31.2 Å². The van der Waals surface area contributed by atoms with Crippen LogP contribution in [-0.4, -0.2) is 10.1 Å². The Bertz CT molecular complexity index is 669.